The van der Waals surface area contributed by atoms with Gasteiger partial charge in [0.1, 0.15) is 34.8 Å². The lowest BCUT2D eigenvalue weighted by Gasteiger charge is -2.64. The fraction of sp³-hybridized carbons (Fsp3) is 0.651. The van der Waals surface area contributed by atoms with Crippen LogP contribution >= 0.6 is 45.2 Å². The van der Waals surface area contributed by atoms with Crippen LogP contribution in [0, 0.1) is 23.7 Å². The maximum Gasteiger partial charge on any atom is 0.252 e. The number of halogens is 4. The maximum atomic E-state index is 12.9. The highest BCUT2D eigenvalue weighted by molar-refractivity contribution is 14.1. The number of benzene rings is 4. The summed E-state index contributed by atoms with van der Waals surface area (Å²) >= 11 is 4.30. The second kappa shape index (κ2) is 27.7. The van der Waals surface area contributed by atoms with Crippen molar-refractivity contribution in [2.75, 3.05) is 76.3 Å². The van der Waals surface area contributed by atoms with Gasteiger partial charge in [-0.1, -0.05) is 69.4 Å². The number of alkyl halides is 2. The molecule has 0 aromatic heterocycles. The monoisotopic (exact) mass is 1990 g/mol. The van der Waals surface area contributed by atoms with Crippen molar-refractivity contribution in [1.82, 2.24) is 9.80 Å². The molecular formula is C86H106I4N6O16. The van der Waals surface area contributed by atoms with Crippen LogP contribution in [0.25, 0.3) is 0 Å². The quantitative estimate of drug-likeness (QED) is 0.0630. The van der Waals surface area contributed by atoms with Crippen molar-refractivity contribution in [2.24, 2.45) is 35.1 Å². The molecule has 12 fully saturated rings. The fourth-order valence-electron chi connectivity index (χ4n) is 26.8. The number of primary amides is 2. The molecule has 8 bridgehead atoms. The molecule has 4 aromatic carbocycles. The van der Waals surface area contributed by atoms with Crippen molar-refractivity contribution in [2.45, 2.75) is 247 Å². The number of hydrogen-bond donors (Lipinski definition) is 8. The molecule has 26 heteroatoms. The Labute approximate surface area is 715 Å². The second-order valence-corrected chi connectivity index (χ2v) is 37.4. The number of likely N-dealkylation sites (tertiary alicyclic amines) is 4. The number of phenols is 2. The van der Waals surface area contributed by atoms with E-state index in [4.69, 9.17) is 30.4 Å². The van der Waals surface area contributed by atoms with Crippen LogP contribution in [0.3, 0.4) is 0 Å². The van der Waals surface area contributed by atoms with Gasteiger partial charge < -0.3 is 118 Å². The van der Waals surface area contributed by atoms with E-state index in [0.717, 1.165) is 168 Å². The third-order valence-corrected chi connectivity index (χ3v) is 32.2. The number of amides is 2. The lowest BCUT2D eigenvalue weighted by Crippen LogP contribution is -3.00. The summed E-state index contributed by atoms with van der Waals surface area (Å²) < 4.78 is 26.2. The number of carbonyl (C=O) groups excluding carboxylic acids is 6. The van der Waals surface area contributed by atoms with Gasteiger partial charge >= 0.3 is 0 Å². The molecule has 20 aliphatic rings. The zero-order chi connectivity index (χ0) is 76.9. The van der Waals surface area contributed by atoms with E-state index in [9.17, 15) is 59.4 Å². The molecule has 4 spiro atoms. The van der Waals surface area contributed by atoms with Crippen molar-refractivity contribution in [3.63, 3.8) is 0 Å². The summed E-state index contributed by atoms with van der Waals surface area (Å²) in [6.07, 6.45) is 17.0. The normalized spacial score (nSPS) is 39.9. The Morgan fingerprint density at radius 1 is 0.429 bits per heavy atom. The number of hydrogen-bond acceptors (Lipinski definition) is 18. The number of carbonyl (C=O) groups is 6. The van der Waals surface area contributed by atoms with Crippen molar-refractivity contribution < 1.29 is 135 Å². The second-order valence-electron chi connectivity index (χ2n) is 37.4. The molecule has 2 amide bonds. The number of piperidine rings is 4. The molecule has 24 rings (SSSR count). The number of aliphatic hydroxyl groups is 4. The summed E-state index contributed by atoms with van der Waals surface area (Å²) in [6, 6.07) is 14.9. The minimum atomic E-state index is -0.993. The van der Waals surface area contributed by atoms with Gasteiger partial charge in [0.05, 0.1) is 84.3 Å². The van der Waals surface area contributed by atoms with Crippen LogP contribution in [-0.2, 0) is 66.5 Å². The number of Topliss-reactive ketones (excluding diaryl/α,β-unsaturated/α-hetero) is 4. The van der Waals surface area contributed by atoms with Gasteiger partial charge in [-0.2, -0.15) is 0 Å². The fourth-order valence-corrected chi connectivity index (χ4v) is 26.8. The largest absolute Gasteiger partial charge is 1.00 e. The van der Waals surface area contributed by atoms with Crippen molar-refractivity contribution in [3.05, 3.63) is 104 Å². The minimum Gasteiger partial charge on any atom is -1.00 e. The highest BCUT2D eigenvalue weighted by Crippen LogP contribution is 2.70. The Kier molecular flexibility index (Phi) is 19.9. The van der Waals surface area contributed by atoms with Crippen LogP contribution in [0.15, 0.2) is 48.5 Å². The molecule has 4 saturated heterocycles. The van der Waals surface area contributed by atoms with Gasteiger partial charge in [-0.3, -0.25) is 38.6 Å². The smallest absolute Gasteiger partial charge is 0.252 e. The molecular weight excluding hydrogens is 1880 g/mol. The van der Waals surface area contributed by atoms with E-state index in [2.05, 4.69) is 69.1 Å². The molecule has 604 valence electrons. The topological polar surface area (TPSA) is 319 Å². The number of ether oxygens (including phenoxy) is 4. The van der Waals surface area contributed by atoms with E-state index in [0.29, 0.717) is 98.3 Å². The summed E-state index contributed by atoms with van der Waals surface area (Å²) in [4.78, 5) is 84.2. The van der Waals surface area contributed by atoms with E-state index in [-0.39, 0.29) is 107 Å². The Balaban J connectivity index is 0.000000106. The van der Waals surface area contributed by atoms with E-state index < -0.39 is 80.3 Å². The van der Waals surface area contributed by atoms with Crippen molar-refractivity contribution in [1.29, 1.82) is 0 Å². The summed E-state index contributed by atoms with van der Waals surface area (Å²) in [5, 5.41) is 69.2. The number of quaternary nitrogens is 2. The zero-order valence-corrected chi connectivity index (χ0v) is 73.0. The predicted octanol–water partition coefficient (Wildman–Crippen LogP) is 1.29. The van der Waals surface area contributed by atoms with E-state index in [1.54, 1.807) is 24.3 Å². The van der Waals surface area contributed by atoms with Crippen LogP contribution in [0.2, 0.25) is 0 Å². The first kappa shape index (κ1) is 80.3. The molecule has 8 aliphatic heterocycles. The first-order valence-electron chi connectivity index (χ1n) is 40.9. The molecule has 12 aliphatic carbocycles. The van der Waals surface area contributed by atoms with Crippen LogP contribution in [0.4, 0.5) is 0 Å². The summed E-state index contributed by atoms with van der Waals surface area (Å²) in [6.45, 7) is 7.96. The van der Waals surface area contributed by atoms with Gasteiger partial charge in [0.15, 0.2) is 70.5 Å². The minimum absolute atomic E-state index is 0. The standard InChI is InChI=1S/C22H26N2O4.C21H24N2O4.C21H25NO4.C20H23NO4.2CH3I.2HI/c1-24(11-12-2-3-12)9-8-21-17-13-4-5-14(20(23)26)18(17)28-19(21)15(25)6-7-22(21,27)16(24)10-13;22-19(25)13-4-3-12-9-15-21(26)6-5-14(24)18-20(21,16(12)17(13)27-18)7-8-23(15)10-11-1-2-11;1-22(11-12-2-3-12)9-8-20-17-13-4-5-14(23)18(17)26-19(20)15(24)6-7-21(20,25)16(22)10-13;22-13-4-3-12-9-15-20(24)6-5-14(23)18-19(20,16(12)17(13)25-18)7-8-21(15)10-11-1-2-11;2*1-2;;/h4-5,12,16,19,27H,2-3,6-11H2,1H3,(H-,23,26);3-4,11,15,18,26H,1-2,5-10H2,(H2,22,25);4-5,12,16,19,25H,2-3,6-11H2,1H3;3-4,11,15,18,22,24H,1-2,5-10H2;2*1H3;2*1H/t16-,19?,21?,22-,24?;15-,18?,20+,21-;16-,19?,20?,21-,22?;15-,18?,19+,20-;;;;/m1111..../s1. The molecule has 10 N–H and O–H groups in total. The SMILES string of the molecule is CI.CI.C[N+]1(CC2CC2)CCC23c4c5ccc(C(N)=O)c4OC2C(=O)CC[C@@]3(O)[C@H]1C5.C[N+]1(CC2CC2)CCC23c4c5ccc(O)c4OC2C(=O)CC[C@@]3(O)[C@H]1C5.NC(=O)c1ccc2c3c1OC1C(=O)CC[C@@]4(O)[C@@H](C2)N(CC2CC2)CC[C@]314.O=C1CC[C@@]2(O)[C@H]3Cc4ccc(O)c5c4[C@@]2(CCN3CC2CC2)C1O5.[I-].[I-]. The first-order valence-corrected chi connectivity index (χ1v) is 45.2. The maximum absolute atomic E-state index is 12.9. The molecule has 18 atom stereocenters. The molecule has 8 unspecified atom stereocenters. The Morgan fingerprint density at radius 3 is 1.05 bits per heavy atom. The molecule has 22 nitrogen and oxygen atoms in total. The number of ketones is 4. The lowest BCUT2D eigenvalue weighted by atomic mass is 9.48. The zero-order valence-electron chi connectivity index (χ0n) is 64.4. The highest BCUT2D eigenvalue weighted by atomic mass is 127. The number of nitrogens with two attached hydrogens (primary N) is 2. The first-order chi connectivity index (χ1) is 52.7. The van der Waals surface area contributed by atoms with Crippen LogP contribution in [0.1, 0.15) is 194 Å². The van der Waals surface area contributed by atoms with Gasteiger partial charge in [0.25, 0.3) is 11.8 Å². The number of aromatic hydroxyl groups is 2. The van der Waals surface area contributed by atoms with Crippen molar-refractivity contribution in [3.8, 4) is 34.5 Å². The van der Waals surface area contributed by atoms with Crippen LogP contribution < -0.4 is 78.4 Å². The Morgan fingerprint density at radius 2 is 0.723 bits per heavy atom. The van der Waals surface area contributed by atoms with E-state index in [1.807, 2.05) is 34.1 Å². The summed E-state index contributed by atoms with van der Waals surface area (Å²) in [7, 11) is 4.60. The third-order valence-electron chi connectivity index (χ3n) is 32.2. The molecule has 4 aromatic rings. The van der Waals surface area contributed by atoms with Crippen LogP contribution in [0.5, 0.6) is 34.5 Å². The van der Waals surface area contributed by atoms with Crippen molar-refractivity contribution >= 4 is 80.1 Å². The third kappa shape index (κ3) is 10.8. The predicted molar refractivity (Wildman–Crippen MR) is 421 cm³/mol. The molecule has 8 saturated carbocycles. The number of rotatable bonds is 10. The number of nitrogens with zero attached hydrogens (tertiary/aromatic N) is 4. The average molecular weight is 1990 g/mol. The Bertz CT molecular complexity index is 4650. The molecule has 112 heavy (non-hydrogen) atoms. The summed E-state index contributed by atoms with van der Waals surface area (Å²) in [5.41, 5.74) is 13.4. The van der Waals surface area contributed by atoms with Gasteiger partial charge in [0, 0.05) is 111 Å². The van der Waals surface area contributed by atoms with Gasteiger partial charge in [-0.05, 0) is 184 Å². The average Bonchev–Trinajstić information content (AvgIpc) is 1.44. The van der Waals surface area contributed by atoms with E-state index in [1.165, 1.54) is 51.4 Å². The summed E-state index contributed by atoms with van der Waals surface area (Å²) in [5.74, 6) is 4.21. The molecule has 8 heterocycles. The van der Waals surface area contributed by atoms with Gasteiger partial charge in [-0.15, -0.1) is 0 Å². The Hall–Kier alpha value is -4.10. The highest BCUT2D eigenvalue weighted by Gasteiger charge is 2.80. The lowest BCUT2D eigenvalue weighted by molar-refractivity contribution is -0.950. The molecule has 0 radical (unpaired) electrons. The van der Waals surface area contributed by atoms with Gasteiger partial charge in [-0.25, -0.2) is 0 Å². The van der Waals surface area contributed by atoms with Crippen LogP contribution in [-0.4, -0.2) is 232 Å². The number of likely N-dealkylation sites (N-methyl/N-ethyl adjacent to an activating group) is 2. The van der Waals surface area contributed by atoms with Gasteiger partial charge in [0.2, 0.25) is 0 Å². The number of phenolic OH excluding ortho intramolecular Hbond substituents is 2. The van der Waals surface area contributed by atoms with E-state index >= 15 is 0 Å².